The largest absolute Gasteiger partial charge is 0.271 e. The lowest BCUT2D eigenvalue weighted by atomic mass is 10.1. The van der Waals surface area contributed by atoms with E-state index in [0.29, 0.717) is 0 Å². The smallest absolute Gasteiger partial charge is 0.270 e. The molecule has 0 unspecified atom stereocenters. The van der Waals surface area contributed by atoms with Gasteiger partial charge in [0.05, 0.1) is 16.1 Å². The van der Waals surface area contributed by atoms with Gasteiger partial charge in [-0.05, 0) is 18.9 Å². The fourth-order valence-corrected chi connectivity index (χ4v) is 2.03. The van der Waals surface area contributed by atoms with Crippen molar-refractivity contribution in [2.24, 2.45) is 0 Å². The normalized spacial score (nSPS) is 18.5. The molecule has 1 saturated carbocycles. The first-order chi connectivity index (χ1) is 8.09. The summed E-state index contributed by atoms with van der Waals surface area (Å²) in [5, 5.41) is 10.6. The van der Waals surface area contributed by atoms with Crippen LogP contribution in [0.2, 0.25) is 0 Å². The van der Waals surface area contributed by atoms with Crippen LogP contribution in [0.4, 0.5) is 5.69 Å². The zero-order valence-corrected chi connectivity index (χ0v) is 8.75. The molecular weight excluding hydrogens is 224 g/mol. The summed E-state index contributed by atoms with van der Waals surface area (Å²) in [6, 6.07) is 3.77. The van der Waals surface area contributed by atoms with E-state index < -0.39 is 10.8 Å². The van der Waals surface area contributed by atoms with Gasteiger partial charge in [-0.3, -0.25) is 24.6 Å². The van der Waals surface area contributed by atoms with Gasteiger partial charge in [0.15, 0.2) is 0 Å². The average Bonchev–Trinajstić information content (AvgIpc) is 3.09. The Morgan fingerprint density at radius 1 is 1.18 bits per heavy atom. The summed E-state index contributed by atoms with van der Waals surface area (Å²) >= 11 is 0. The predicted molar refractivity (Wildman–Crippen MR) is 56.6 cm³/mol. The average molecular weight is 232 g/mol. The second-order valence-corrected chi connectivity index (χ2v) is 4.20. The summed E-state index contributed by atoms with van der Waals surface area (Å²) in [4.78, 5) is 35.1. The van der Waals surface area contributed by atoms with E-state index in [1.54, 1.807) is 0 Å². The molecule has 2 aliphatic rings. The number of benzene rings is 1. The van der Waals surface area contributed by atoms with Crippen molar-refractivity contribution in [3.05, 3.63) is 39.4 Å². The lowest BCUT2D eigenvalue weighted by molar-refractivity contribution is -0.384. The molecule has 1 aliphatic heterocycles. The fraction of sp³-hybridized carbons (Fsp3) is 0.273. The van der Waals surface area contributed by atoms with Gasteiger partial charge >= 0.3 is 0 Å². The van der Waals surface area contributed by atoms with Crippen molar-refractivity contribution in [1.29, 1.82) is 0 Å². The van der Waals surface area contributed by atoms with Crippen LogP contribution in [0.1, 0.15) is 33.6 Å². The molecule has 0 N–H and O–H groups in total. The molecule has 0 aromatic heterocycles. The SMILES string of the molecule is O=C1c2ccc([N+](=O)[O-])cc2C(=O)N1C1CC1. The highest BCUT2D eigenvalue weighted by atomic mass is 16.6. The third-order valence-electron chi connectivity index (χ3n) is 3.02. The maximum atomic E-state index is 11.9. The number of fused-ring (bicyclic) bond motifs is 1. The highest BCUT2D eigenvalue weighted by Gasteiger charge is 2.44. The monoisotopic (exact) mass is 232 g/mol. The molecule has 0 bridgehead atoms. The molecule has 1 aromatic rings. The van der Waals surface area contributed by atoms with E-state index in [-0.39, 0.29) is 28.8 Å². The van der Waals surface area contributed by atoms with Gasteiger partial charge in [-0.15, -0.1) is 0 Å². The summed E-state index contributed by atoms with van der Waals surface area (Å²) in [5.41, 5.74) is 0.256. The predicted octanol–water partition coefficient (Wildman–Crippen LogP) is 1.35. The third kappa shape index (κ3) is 1.33. The Bertz CT molecular complexity index is 563. The molecule has 2 amide bonds. The molecule has 0 radical (unpaired) electrons. The number of nitrogens with zero attached hydrogens (tertiary/aromatic N) is 2. The number of nitro benzene ring substituents is 1. The van der Waals surface area contributed by atoms with E-state index in [9.17, 15) is 19.7 Å². The first kappa shape index (κ1) is 9.95. The number of carbonyl (C=O) groups is 2. The van der Waals surface area contributed by atoms with Crippen molar-refractivity contribution >= 4 is 17.5 Å². The zero-order chi connectivity index (χ0) is 12.2. The van der Waals surface area contributed by atoms with E-state index in [1.165, 1.54) is 23.1 Å². The van der Waals surface area contributed by atoms with Gasteiger partial charge in [-0.25, -0.2) is 0 Å². The van der Waals surface area contributed by atoms with Crippen molar-refractivity contribution in [1.82, 2.24) is 4.90 Å². The summed E-state index contributed by atoms with van der Waals surface area (Å²) in [6.07, 6.45) is 1.65. The zero-order valence-electron chi connectivity index (χ0n) is 8.75. The molecule has 1 fully saturated rings. The molecule has 1 heterocycles. The van der Waals surface area contributed by atoms with Gasteiger partial charge in [0, 0.05) is 18.2 Å². The lowest BCUT2D eigenvalue weighted by Gasteiger charge is -2.11. The Morgan fingerprint density at radius 3 is 2.41 bits per heavy atom. The van der Waals surface area contributed by atoms with Gasteiger partial charge in [0.2, 0.25) is 0 Å². The lowest BCUT2D eigenvalue weighted by Crippen LogP contribution is -2.31. The highest BCUT2D eigenvalue weighted by Crippen LogP contribution is 2.35. The number of non-ortho nitro benzene ring substituents is 1. The van der Waals surface area contributed by atoms with Gasteiger partial charge in [0.25, 0.3) is 17.5 Å². The van der Waals surface area contributed by atoms with Crippen LogP contribution in [0.3, 0.4) is 0 Å². The van der Waals surface area contributed by atoms with Crippen LogP contribution in [0.25, 0.3) is 0 Å². The van der Waals surface area contributed by atoms with Crippen molar-refractivity contribution in [2.75, 3.05) is 0 Å². The van der Waals surface area contributed by atoms with Crippen LogP contribution in [0.5, 0.6) is 0 Å². The van der Waals surface area contributed by atoms with Crippen molar-refractivity contribution in [3.63, 3.8) is 0 Å². The topological polar surface area (TPSA) is 80.5 Å². The Balaban J connectivity index is 2.09. The molecular formula is C11H8N2O4. The Hall–Kier alpha value is -2.24. The summed E-state index contributed by atoms with van der Waals surface area (Å²) in [6.45, 7) is 0. The van der Waals surface area contributed by atoms with Crippen LogP contribution in [0.15, 0.2) is 18.2 Å². The van der Waals surface area contributed by atoms with Gasteiger partial charge in [-0.1, -0.05) is 0 Å². The summed E-state index contributed by atoms with van der Waals surface area (Å²) < 4.78 is 0. The molecule has 6 nitrogen and oxygen atoms in total. The summed E-state index contributed by atoms with van der Waals surface area (Å²) in [5.74, 6) is -0.737. The van der Waals surface area contributed by atoms with E-state index in [2.05, 4.69) is 0 Å². The third-order valence-corrected chi connectivity index (χ3v) is 3.02. The number of rotatable bonds is 2. The number of nitro groups is 1. The minimum absolute atomic E-state index is 0.0125. The van der Waals surface area contributed by atoms with Crippen LogP contribution < -0.4 is 0 Å². The standard InChI is InChI=1S/C11H8N2O4/c14-10-8-4-3-7(13(16)17)5-9(8)11(15)12(10)6-1-2-6/h3-6H,1-2H2. The first-order valence-corrected chi connectivity index (χ1v) is 5.26. The van der Waals surface area contributed by atoms with Crippen LogP contribution in [-0.4, -0.2) is 27.7 Å². The molecule has 6 heteroatoms. The molecule has 1 aromatic carbocycles. The second-order valence-electron chi connectivity index (χ2n) is 4.20. The number of carbonyl (C=O) groups excluding carboxylic acids is 2. The maximum absolute atomic E-state index is 11.9. The molecule has 0 spiro atoms. The first-order valence-electron chi connectivity index (χ1n) is 5.26. The van der Waals surface area contributed by atoms with Crippen molar-refractivity contribution < 1.29 is 14.5 Å². The van der Waals surface area contributed by atoms with Gasteiger partial charge < -0.3 is 0 Å². The molecule has 0 saturated heterocycles. The van der Waals surface area contributed by atoms with Crippen LogP contribution in [0, 0.1) is 10.1 Å². The number of imide groups is 1. The van der Waals surface area contributed by atoms with Gasteiger partial charge in [-0.2, -0.15) is 0 Å². The summed E-state index contributed by atoms with van der Waals surface area (Å²) in [7, 11) is 0. The molecule has 86 valence electrons. The molecule has 1 aliphatic carbocycles. The number of hydrogen-bond donors (Lipinski definition) is 0. The Morgan fingerprint density at radius 2 is 1.82 bits per heavy atom. The van der Waals surface area contributed by atoms with Crippen LogP contribution in [-0.2, 0) is 0 Å². The molecule has 3 rings (SSSR count). The van der Waals surface area contributed by atoms with Crippen molar-refractivity contribution in [2.45, 2.75) is 18.9 Å². The number of amides is 2. The maximum Gasteiger partial charge on any atom is 0.270 e. The Kier molecular flexibility index (Phi) is 1.83. The second kappa shape index (κ2) is 3.13. The quantitative estimate of drug-likeness (QED) is 0.438. The van der Waals surface area contributed by atoms with Crippen molar-refractivity contribution in [3.8, 4) is 0 Å². The van der Waals surface area contributed by atoms with E-state index in [1.807, 2.05) is 0 Å². The minimum Gasteiger partial charge on any atom is -0.271 e. The van der Waals surface area contributed by atoms with E-state index >= 15 is 0 Å². The minimum atomic E-state index is -0.572. The Labute approximate surface area is 96.0 Å². The number of hydrogen-bond acceptors (Lipinski definition) is 4. The fourth-order valence-electron chi connectivity index (χ4n) is 2.03. The molecule has 17 heavy (non-hydrogen) atoms. The van der Waals surface area contributed by atoms with Crippen LogP contribution >= 0.6 is 0 Å². The van der Waals surface area contributed by atoms with E-state index in [0.717, 1.165) is 12.8 Å². The van der Waals surface area contributed by atoms with E-state index in [4.69, 9.17) is 0 Å². The molecule has 0 atom stereocenters. The van der Waals surface area contributed by atoms with Gasteiger partial charge in [0.1, 0.15) is 0 Å². The highest BCUT2D eigenvalue weighted by molar-refractivity contribution is 6.22.